The zero-order valence-corrected chi connectivity index (χ0v) is 18.5. The highest BCUT2D eigenvalue weighted by molar-refractivity contribution is 7.71. The van der Waals surface area contributed by atoms with Crippen molar-refractivity contribution in [1.82, 2.24) is 20.1 Å². The van der Waals surface area contributed by atoms with Crippen molar-refractivity contribution in [3.8, 4) is 11.4 Å². The van der Waals surface area contributed by atoms with Crippen LogP contribution in [0.3, 0.4) is 0 Å². The quantitative estimate of drug-likeness (QED) is 0.441. The van der Waals surface area contributed by atoms with Gasteiger partial charge in [0.2, 0.25) is 5.91 Å². The van der Waals surface area contributed by atoms with Gasteiger partial charge in [0.05, 0.1) is 0 Å². The van der Waals surface area contributed by atoms with Gasteiger partial charge in [-0.1, -0.05) is 61.9 Å². The van der Waals surface area contributed by atoms with E-state index in [1.807, 2.05) is 66.1 Å². The minimum absolute atomic E-state index is 0.00605. The Morgan fingerprint density at radius 1 is 1.13 bits per heavy atom. The third-order valence-corrected chi connectivity index (χ3v) is 5.39. The number of H-pyrrole nitrogens is 1. The van der Waals surface area contributed by atoms with Crippen molar-refractivity contribution in [1.29, 1.82) is 0 Å². The van der Waals surface area contributed by atoms with E-state index in [9.17, 15) is 4.79 Å². The summed E-state index contributed by atoms with van der Waals surface area (Å²) in [5.74, 6) is 1.12. The molecule has 1 heterocycles. The molecule has 7 heteroatoms. The Morgan fingerprint density at radius 3 is 2.50 bits per heavy atom. The van der Waals surface area contributed by atoms with E-state index in [2.05, 4.69) is 34.7 Å². The molecule has 30 heavy (non-hydrogen) atoms. The predicted molar refractivity (Wildman–Crippen MR) is 124 cm³/mol. The second-order valence-electron chi connectivity index (χ2n) is 7.78. The van der Waals surface area contributed by atoms with Crippen LogP contribution in [-0.4, -0.2) is 33.3 Å². The number of benzene rings is 2. The maximum absolute atomic E-state index is 12.5. The van der Waals surface area contributed by atoms with Crippen molar-refractivity contribution < 1.29 is 4.79 Å². The number of hydrogen-bond donors (Lipinski definition) is 3. The van der Waals surface area contributed by atoms with Gasteiger partial charge in [-0.05, 0) is 37.2 Å². The Kier molecular flexibility index (Phi) is 7.41. The molecule has 0 aliphatic rings. The molecule has 2 aromatic carbocycles. The first-order valence-corrected chi connectivity index (χ1v) is 10.7. The molecule has 0 aliphatic heterocycles. The Labute approximate surface area is 182 Å². The molecule has 0 aliphatic carbocycles. The van der Waals surface area contributed by atoms with E-state index in [1.54, 1.807) is 0 Å². The van der Waals surface area contributed by atoms with Gasteiger partial charge >= 0.3 is 0 Å². The van der Waals surface area contributed by atoms with Crippen molar-refractivity contribution in [2.75, 3.05) is 11.9 Å². The first-order chi connectivity index (χ1) is 14.4. The molecule has 1 aromatic heterocycles. The van der Waals surface area contributed by atoms with Gasteiger partial charge in [-0.3, -0.25) is 14.5 Å². The zero-order valence-electron chi connectivity index (χ0n) is 17.7. The summed E-state index contributed by atoms with van der Waals surface area (Å²) in [5, 5.41) is 13.7. The van der Waals surface area contributed by atoms with Gasteiger partial charge < -0.3 is 10.6 Å². The fourth-order valence-corrected chi connectivity index (χ4v) is 3.40. The number of aromatic amines is 1. The largest absolute Gasteiger partial charge is 0.380 e. The number of aromatic nitrogens is 3. The maximum Gasteiger partial charge on any atom is 0.221 e. The summed E-state index contributed by atoms with van der Waals surface area (Å²) in [6, 6.07) is 18.3. The summed E-state index contributed by atoms with van der Waals surface area (Å²) in [4.78, 5) is 12.5. The molecule has 158 valence electrons. The van der Waals surface area contributed by atoms with Crippen LogP contribution in [0, 0.1) is 17.6 Å². The highest BCUT2D eigenvalue weighted by atomic mass is 32.1. The molecule has 6 nitrogen and oxygen atoms in total. The van der Waals surface area contributed by atoms with Gasteiger partial charge in [0.1, 0.15) is 0 Å². The van der Waals surface area contributed by atoms with E-state index < -0.39 is 0 Å². The van der Waals surface area contributed by atoms with E-state index >= 15 is 0 Å². The molecule has 3 aromatic rings. The van der Waals surface area contributed by atoms with Crippen LogP contribution < -0.4 is 10.6 Å². The predicted octanol–water partition coefficient (Wildman–Crippen LogP) is 4.56. The second-order valence-corrected chi connectivity index (χ2v) is 8.17. The number of anilines is 1. The number of aryl methyl sites for hydroxylation is 1. The number of rotatable bonds is 9. The third-order valence-electron chi connectivity index (χ3n) is 5.08. The number of carbonyl (C=O) groups is 1. The summed E-state index contributed by atoms with van der Waals surface area (Å²) in [6.45, 7) is 7.37. The number of carbonyl (C=O) groups excluding carboxylic acids is 1. The molecule has 3 rings (SSSR count). The summed E-state index contributed by atoms with van der Waals surface area (Å²) >= 11 is 5.37. The SMILES string of the molecule is Cc1ccc(-c2n[nH]c(=S)n2CCC(=O)NCC(Nc2ccccc2)C(C)C)cc1. The van der Waals surface area contributed by atoms with Crippen LogP contribution in [-0.2, 0) is 11.3 Å². The Balaban J connectivity index is 1.57. The molecular weight excluding hydrogens is 394 g/mol. The number of para-hydroxylation sites is 1. The van der Waals surface area contributed by atoms with Gasteiger partial charge in [-0.15, -0.1) is 0 Å². The van der Waals surface area contributed by atoms with Crippen LogP contribution in [0.15, 0.2) is 54.6 Å². The van der Waals surface area contributed by atoms with Crippen LogP contribution in [0.4, 0.5) is 5.69 Å². The Bertz CT molecular complexity index is 1010. The number of nitrogens with zero attached hydrogens (tertiary/aromatic N) is 2. The average Bonchev–Trinajstić information content (AvgIpc) is 3.11. The molecule has 1 amide bonds. The molecule has 0 fully saturated rings. The fraction of sp³-hybridized carbons (Fsp3) is 0.348. The van der Waals surface area contributed by atoms with Crippen LogP contribution in [0.5, 0.6) is 0 Å². The van der Waals surface area contributed by atoms with Crippen LogP contribution >= 0.6 is 12.2 Å². The van der Waals surface area contributed by atoms with Gasteiger partial charge in [-0.2, -0.15) is 5.10 Å². The van der Waals surface area contributed by atoms with Crippen LogP contribution in [0.2, 0.25) is 0 Å². The van der Waals surface area contributed by atoms with E-state index in [-0.39, 0.29) is 11.9 Å². The molecule has 3 N–H and O–H groups in total. The van der Waals surface area contributed by atoms with Crippen molar-refractivity contribution in [2.45, 2.75) is 39.8 Å². The minimum atomic E-state index is -0.00605. The summed E-state index contributed by atoms with van der Waals surface area (Å²) in [5.41, 5.74) is 3.21. The monoisotopic (exact) mass is 423 g/mol. The van der Waals surface area contributed by atoms with E-state index in [0.29, 0.717) is 30.2 Å². The topological polar surface area (TPSA) is 74.7 Å². The summed E-state index contributed by atoms with van der Waals surface area (Å²) in [7, 11) is 0. The third kappa shape index (κ3) is 5.79. The lowest BCUT2D eigenvalue weighted by atomic mass is 10.0. The van der Waals surface area contributed by atoms with Crippen molar-refractivity contribution in [3.05, 3.63) is 64.9 Å². The van der Waals surface area contributed by atoms with E-state index in [0.717, 1.165) is 17.1 Å². The lowest BCUT2D eigenvalue weighted by Crippen LogP contribution is -2.39. The van der Waals surface area contributed by atoms with E-state index in [1.165, 1.54) is 5.56 Å². The molecule has 0 radical (unpaired) electrons. The smallest absolute Gasteiger partial charge is 0.221 e. The average molecular weight is 424 g/mol. The van der Waals surface area contributed by atoms with Crippen molar-refractivity contribution >= 4 is 23.8 Å². The Morgan fingerprint density at radius 2 is 1.83 bits per heavy atom. The highest BCUT2D eigenvalue weighted by Crippen LogP contribution is 2.18. The molecule has 1 unspecified atom stereocenters. The van der Waals surface area contributed by atoms with Crippen LogP contribution in [0.1, 0.15) is 25.8 Å². The molecule has 0 saturated heterocycles. The molecular formula is C23H29N5OS. The molecule has 0 bridgehead atoms. The summed E-state index contributed by atoms with van der Waals surface area (Å²) in [6.07, 6.45) is 0.336. The van der Waals surface area contributed by atoms with Gasteiger partial charge in [0.25, 0.3) is 0 Å². The lowest BCUT2D eigenvalue weighted by Gasteiger charge is -2.24. The normalized spacial score (nSPS) is 12.0. The lowest BCUT2D eigenvalue weighted by molar-refractivity contribution is -0.121. The maximum atomic E-state index is 12.5. The van der Waals surface area contributed by atoms with E-state index in [4.69, 9.17) is 12.2 Å². The molecule has 0 spiro atoms. The van der Waals surface area contributed by atoms with Crippen molar-refractivity contribution in [2.24, 2.45) is 5.92 Å². The van der Waals surface area contributed by atoms with Crippen molar-refractivity contribution in [3.63, 3.8) is 0 Å². The highest BCUT2D eigenvalue weighted by Gasteiger charge is 2.15. The summed E-state index contributed by atoms with van der Waals surface area (Å²) < 4.78 is 2.39. The number of hydrogen-bond acceptors (Lipinski definition) is 4. The molecule has 0 saturated carbocycles. The standard InChI is InChI=1S/C23H29N5OS/c1-16(2)20(25-19-7-5-4-6-8-19)15-24-21(29)13-14-28-22(26-27-23(28)30)18-11-9-17(3)10-12-18/h4-12,16,20,25H,13-15H2,1-3H3,(H,24,29)(H,27,30). The fourth-order valence-electron chi connectivity index (χ4n) is 3.18. The number of nitrogens with one attached hydrogen (secondary N) is 3. The first-order valence-electron chi connectivity index (χ1n) is 10.2. The first kappa shape index (κ1) is 21.8. The van der Waals surface area contributed by atoms with Crippen LogP contribution in [0.25, 0.3) is 11.4 Å². The molecule has 1 atom stereocenters. The van der Waals surface area contributed by atoms with Gasteiger partial charge in [0, 0.05) is 36.8 Å². The second kappa shape index (κ2) is 10.2. The number of amides is 1. The van der Waals surface area contributed by atoms with Gasteiger partial charge in [0.15, 0.2) is 10.6 Å². The minimum Gasteiger partial charge on any atom is -0.380 e. The Hall–Kier alpha value is -2.93. The van der Waals surface area contributed by atoms with Gasteiger partial charge in [-0.25, -0.2) is 0 Å². The zero-order chi connectivity index (χ0) is 21.5.